The molecule has 1 heterocycles. The SMILES string of the molecule is COc1ccc2c(c1)c(=O)c(Cc1cccc(Br)c1Br)cn2CC(=O)O. The summed E-state index contributed by atoms with van der Waals surface area (Å²) in [6.07, 6.45) is 2.00. The number of ether oxygens (including phenoxy) is 1. The van der Waals surface area contributed by atoms with Crippen molar-refractivity contribution in [1.82, 2.24) is 4.57 Å². The predicted octanol–water partition coefficient (Wildman–Crippen LogP) is 4.21. The number of nitrogens with zero attached hydrogens (tertiary/aromatic N) is 1. The van der Waals surface area contributed by atoms with E-state index in [9.17, 15) is 14.7 Å². The lowest BCUT2D eigenvalue weighted by atomic mass is 10.0. The minimum atomic E-state index is -0.972. The monoisotopic (exact) mass is 479 g/mol. The summed E-state index contributed by atoms with van der Waals surface area (Å²) in [6, 6.07) is 10.8. The first kappa shape index (κ1) is 18.7. The lowest BCUT2D eigenvalue weighted by molar-refractivity contribution is -0.137. The molecule has 0 aliphatic heterocycles. The van der Waals surface area contributed by atoms with Gasteiger partial charge in [-0.3, -0.25) is 9.59 Å². The molecule has 0 bridgehead atoms. The molecule has 26 heavy (non-hydrogen) atoms. The third-order valence-electron chi connectivity index (χ3n) is 4.08. The Bertz CT molecular complexity index is 1060. The predicted molar refractivity (Wildman–Crippen MR) is 107 cm³/mol. The fourth-order valence-electron chi connectivity index (χ4n) is 2.86. The molecular weight excluding hydrogens is 466 g/mol. The van der Waals surface area contributed by atoms with Gasteiger partial charge in [-0.2, -0.15) is 0 Å². The number of carbonyl (C=O) groups is 1. The summed E-state index contributed by atoms with van der Waals surface area (Å²) in [4.78, 5) is 24.2. The van der Waals surface area contributed by atoms with Gasteiger partial charge in [-0.05, 0) is 61.7 Å². The molecule has 7 heteroatoms. The second-order valence-electron chi connectivity index (χ2n) is 5.78. The molecule has 134 valence electrons. The van der Waals surface area contributed by atoms with Crippen LogP contribution in [-0.2, 0) is 17.8 Å². The Morgan fingerprint density at radius 3 is 2.65 bits per heavy atom. The molecule has 5 nitrogen and oxygen atoms in total. The number of benzene rings is 2. The van der Waals surface area contributed by atoms with Crippen molar-refractivity contribution < 1.29 is 14.6 Å². The van der Waals surface area contributed by atoms with Crippen LogP contribution in [0.2, 0.25) is 0 Å². The number of pyridine rings is 1. The average Bonchev–Trinajstić information content (AvgIpc) is 2.62. The number of carboxylic acid groups (broad SMARTS) is 1. The first-order valence-electron chi connectivity index (χ1n) is 7.75. The molecule has 0 atom stereocenters. The smallest absolute Gasteiger partial charge is 0.323 e. The molecule has 3 rings (SSSR count). The summed E-state index contributed by atoms with van der Waals surface area (Å²) in [5.74, 6) is -0.419. The normalized spacial score (nSPS) is 10.9. The van der Waals surface area contributed by atoms with Crippen LogP contribution in [0.25, 0.3) is 10.9 Å². The highest BCUT2D eigenvalue weighted by Gasteiger charge is 2.14. The Labute approximate surface area is 166 Å². The van der Waals surface area contributed by atoms with E-state index in [2.05, 4.69) is 31.9 Å². The number of hydrogen-bond donors (Lipinski definition) is 1. The second-order valence-corrected chi connectivity index (χ2v) is 7.43. The van der Waals surface area contributed by atoms with Gasteiger partial charge in [0.1, 0.15) is 12.3 Å². The van der Waals surface area contributed by atoms with E-state index in [1.165, 1.54) is 7.11 Å². The Morgan fingerprint density at radius 2 is 1.96 bits per heavy atom. The quantitative estimate of drug-likeness (QED) is 0.593. The Morgan fingerprint density at radius 1 is 1.19 bits per heavy atom. The van der Waals surface area contributed by atoms with Crippen LogP contribution < -0.4 is 10.2 Å². The van der Waals surface area contributed by atoms with E-state index in [-0.39, 0.29) is 12.0 Å². The maximum absolute atomic E-state index is 13.0. The molecule has 3 aromatic rings. The molecule has 1 N–H and O–H groups in total. The van der Waals surface area contributed by atoms with Gasteiger partial charge in [0.2, 0.25) is 0 Å². The zero-order chi connectivity index (χ0) is 18.8. The highest BCUT2D eigenvalue weighted by molar-refractivity contribution is 9.13. The van der Waals surface area contributed by atoms with Crippen molar-refractivity contribution in [3.8, 4) is 5.75 Å². The standard InChI is InChI=1S/C19H15Br2NO4/c1-26-13-5-6-16-14(8-13)19(25)12(9-22(16)10-17(23)24)7-11-3-2-4-15(20)18(11)21/h2-6,8-9H,7,10H2,1H3,(H,23,24). The average molecular weight is 481 g/mol. The Kier molecular flexibility index (Phi) is 5.48. The van der Waals surface area contributed by atoms with Crippen LogP contribution >= 0.6 is 31.9 Å². The van der Waals surface area contributed by atoms with E-state index in [1.54, 1.807) is 29.0 Å². The van der Waals surface area contributed by atoms with Gasteiger partial charge < -0.3 is 14.4 Å². The van der Waals surface area contributed by atoms with Gasteiger partial charge in [-0.25, -0.2) is 0 Å². The molecule has 2 aromatic carbocycles. The molecule has 0 aliphatic carbocycles. The molecule has 1 aromatic heterocycles. The Balaban J connectivity index is 2.21. The van der Waals surface area contributed by atoms with Crippen LogP contribution in [0, 0.1) is 0 Å². The topological polar surface area (TPSA) is 68.5 Å². The van der Waals surface area contributed by atoms with Gasteiger partial charge in [-0.1, -0.05) is 12.1 Å². The minimum Gasteiger partial charge on any atom is -0.497 e. The van der Waals surface area contributed by atoms with Crippen molar-refractivity contribution in [3.63, 3.8) is 0 Å². The summed E-state index contributed by atoms with van der Waals surface area (Å²) in [6.45, 7) is -0.226. The number of fused-ring (bicyclic) bond motifs is 1. The second kappa shape index (κ2) is 7.63. The molecule has 0 amide bonds. The number of aromatic nitrogens is 1. The first-order valence-corrected chi connectivity index (χ1v) is 9.34. The van der Waals surface area contributed by atoms with E-state index in [0.717, 1.165) is 14.5 Å². The van der Waals surface area contributed by atoms with Crippen molar-refractivity contribution in [2.45, 2.75) is 13.0 Å². The fourth-order valence-corrected chi connectivity index (χ4v) is 3.67. The molecule has 0 spiro atoms. The maximum Gasteiger partial charge on any atom is 0.323 e. The number of halogens is 2. The van der Waals surface area contributed by atoms with E-state index in [1.807, 2.05) is 18.2 Å². The van der Waals surface area contributed by atoms with E-state index < -0.39 is 5.97 Å². The number of carboxylic acids is 1. The largest absolute Gasteiger partial charge is 0.497 e. The number of aliphatic carboxylic acids is 1. The van der Waals surface area contributed by atoms with E-state index >= 15 is 0 Å². The van der Waals surface area contributed by atoms with E-state index in [0.29, 0.717) is 28.6 Å². The van der Waals surface area contributed by atoms with E-state index in [4.69, 9.17) is 4.74 Å². The summed E-state index contributed by atoms with van der Waals surface area (Å²) >= 11 is 6.98. The third-order valence-corrected chi connectivity index (χ3v) is 6.21. The molecule has 0 unspecified atom stereocenters. The van der Waals surface area contributed by atoms with Crippen LogP contribution in [0.1, 0.15) is 11.1 Å². The molecule has 0 saturated carbocycles. The maximum atomic E-state index is 13.0. The van der Waals surface area contributed by atoms with Gasteiger partial charge in [0.15, 0.2) is 5.43 Å². The third kappa shape index (κ3) is 3.68. The zero-order valence-electron chi connectivity index (χ0n) is 13.8. The van der Waals surface area contributed by atoms with Gasteiger partial charge in [0.05, 0.1) is 12.6 Å². The minimum absolute atomic E-state index is 0.132. The van der Waals surface area contributed by atoms with Crippen molar-refractivity contribution in [2.75, 3.05) is 7.11 Å². The van der Waals surface area contributed by atoms with Crippen LogP contribution in [0.15, 0.2) is 56.3 Å². The molecule has 0 aliphatic rings. The van der Waals surface area contributed by atoms with Gasteiger partial charge in [0, 0.05) is 32.5 Å². The first-order chi connectivity index (χ1) is 12.4. The fraction of sp³-hybridized carbons (Fsp3) is 0.158. The van der Waals surface area contributed by atoms with Crippen LogP contribution in [-0.4, -0.2) is 22.8 Å². The van der Waals surface area contributed by atoms with Crippen LogP contribution in [0.5, 0.6) is 5.75 Å². The summed E-state index contributed by atoms with van der Waals surface area (Å²) in [5.41, 5.74) is 1.88. The van der Waals surface area contributed by atoms with Crippen LogP contribution in [0.3, 0.4) is 0 Å². The summed E-state index contributed by atoms with van der Waals surface area (Å²) in [7, 11) is 1.53. The van der Waals surface area contributed by atoms with Crippen molar-refractivity contribution in [3.05, 3.63) is 72.9 Å². The Hall–Kier alpha value is -2.12. The molecule has 0 radical (unpaired) electrons. The van der Waals surface area contributed by atoms with Gasteiger partial charge >= 0.3 is 5.97 Å². The van der Waals surface area contributed by atoms with Crippen molar-refractivity contribution in [1.29, 1.82) is 0 Å². The lowest BCUT2D eigenvalue weighted by Crippen LogP contribution is -2.18. The zero-order valence-corrected chi connectivity index (χ0v) is 17.0. The molecule has 0 fully saturated rings. The number of methoxy groups -OCH3 is 1. The lowest BCUT2D eigenvalue weighted by Gasteiger charge is -2.13. The van der Waals surface area contributed by atoms with Crippen LogP contribution in [0.4, 0.5) is 0 Å². The molecular formula is C19H15Br2NO4. The highest BCUT2D eigenvalue weighted by atomic mass is 79.9. The van der Waals surface area contributed by atoms with Crippen molar-refractivity contribution in [2.24, 2.45) is 0 Å². The van der Waals surface area contributed by atoms with Crippen molar-refractivity contribution >= 4 is 48.7 Å². The summed E-state index contributed by atoms with van der Waals surface area (Å²) < 4.78 is 8.56. The molecule has 0 saturated heterocycles. The van der Waals surface area contributed by atoms with Gasteiger partial charge in [-0.15, -0.1) is 0 Å². The van der Waals surface area contributed by atoms with Gasteiger partial charge in [0.25, 0.3) is 0 Å². The number of rotatable bonds is 5. The highest BCUT2D eigenvalue weighted by Crippen LogP contribution is 2.28. The number of hydrogen-bond acceptors (Lipinski definition) is 3. The summed E-state index contributed by atoms with van der Waals surface area (Å²) in [5, 5.41) is 9.66.